The number of rotatable bonds is 3. The van der Waals surface area contributed by atoms with Crippen LogP contribution in [0.15, 0.2) is 6.20 Å². The lowest BCUT2D eigenvalue weighted by Crippen LogP contribution is -2.06. The van der Waals surface area contributed by atoms with Gasteiger partial charge in [-0.1, -0.05) is 0 Å². The summed E-state index contributed by atoms with van der Waals surface area (Å²) in [6.07, 6.45) is 1.08. The number of methoxy groups -OCH3 is 1. The van der Waals surface area contributed by atoms with E-state index in [0.717, 1.165) is 12.2 Å². The summed E-state index contributed by atoms with van der Waals surface area (Å²) in [5.74, 6) is 0.645. The summed E-state index contributed by atoms with van der Waals surface area (Å²) < 4.78 is 6.77. The third-order valence-corrected chi connectivity index (χ3v) is 1.76. The first-order valence-corrected chi connectivity index (χ1v) is 3.98. The van der Waals surface area contributed by atoms with E-state index in [4.69, 9.17) is 4.74 Å². The summed E-state index contributed by atoms with van der Waals surface area (Å²) in [6, 6.07) is 0. The maximum atomic E-state index is 9.40. The van der Waals surface area contributed by atoms with Crippen molar-refractivity contribution in [2.45, 2.75) is 26.5 Å². The van der Waals surface area contributed by atoms with Gasteiger partial charge in [-0.25, -0.2) is 0 Å². The first-order chi connectivity index (χ1) is 5.70. The lowest BCUT2D eigenvalue weighted by molar-refractivity contribution is 0.182. The number of aromatic nitrogens is 2. The van der Waals surface area contributed by atoms with Crippen LogP contribution in [-0.2, 0) is 6.54 Å². The van der Waals surface area contributed by atoms with E-state index in [0.29, 0.717) is 5.75 Å². The van der Waals surface area contributed by atoms with Gasteiger partial charge in [0, 0.05) is 6.54 Å². The Balaban J connectivity index is 3.07. The van der Waals surface area contributed by atoms with E-state index in [1.807, 2.05) is 6.92 Å². The van der Waals surface area contributed by atoms with Crippen LogP contribution in [0.2, 0.25) is 0 Å². The molecule has 1 N–H and O–H groups in total. The van der Waals surface area contributed by atoms with Crippen molar-refractivity contribution in [3.05, 3.63) is 11.9 Å². The van der Waals surface area contributed by atoms with E-state index in [9.17, 15) is 5.11 Å². The first-order valence-electron chi connectivity index (χ1n) is 3.98. The Hall–Kier alpha value is -1.03. The van der Waals surface area contributed by atoms with E-state index < -0.39 is 6.10 Å². The summed E-state index contributed by atoms with van der Waals surface area (Å²) in [7, 11) is 1.57. The van der Waals surface area contributed by atoms with E-state index in [1.165, 1.54) is 0 Å². The molecule has 12 heavy (non-hydrogen) atoms. The second-order valence-electron chi connectivity index (χ2n) is 2.59. The van der Waals surface area contributed by atoms with Crippen LogP contribution in [-0.4, -0.2) is 22.0 Å². The summed E-state index contributed by atoms with van der Waals surface area (Å²) in [4.78, 5) is 0. The molecule has 0 radical (unpaired) electrons. The SMILES string of the molecule is CCn1ncc(OC)c1C(C)O. The Morgan fingerprint density at radius 3 is 2.83 bits per heavy atom. The van der Waals surface area contributed by atoms with Gasteiger partial charge in [0.15, 0.2) is 5.75 Å². The van der Waals surface area contributed by atoms with Gasteiger partial charge < -0.3 is 9.84 Å². The Morgan fingerprint density at radius 1 is 1.75 bits per heavy atom. The lowest BCUT2D eigenvalue weighted by Gasteiger charge is -2.08. The molecule has 1 heterocycles. The highest BCUT2D eigenvalue weighted by molar-refractivity contribution is 5.26. The molecule has 68 valence electrons. The molecule has 0 aliphatic carbocycles. The number of hydrogen-bond donors (Lipinski definition) is 1. The standard InChI is InChI=1S/C8H14N2O2/c1-4-10-8(6(2)11)7(12-3)5-9-10/h5-6,11H,4H2,1-3H3. The van der Waals surface area contributed by atoms with Gasteiger partial charge in [-0.2, -0.15) is 5.10 Å². The third-order valence-electron chi connectivity index (χ3n) is 1.76. The summed E-state index contributed by atoms with van der Waals surface area (Å²) in [6.45, 7) is 4.41. The van der Waals surface area contributed by atoms with Crippen LogP contribution in [0.3, 0.4) is 0 Å². The fourth-order valence-electron chi connectivity index (χ4n) is 1.21. The van der Waals surface area contributed by atoms with Crippen molar-refractivity contribution < 1.29 is 9.84 Å². The molecule has 0 aliphatic heterocycles. The Kier molecular flexibility index (Phi) is 2.70. The van der Waals surface area contributed by atoms with Crippen LogP contribution in [0.4, 0.5) is 0 Å². The molecule has 1 aromatic rings. The number of aryl methyl sites for hydroxylation is 1. The van der Waals surface area contributed by atoms with Gasteiger partial charge in [-0.15, -0.1) is 0 Å². The van der Waals surface area contributed by atoms with Gasteiger partial charge in [0.25, 0.3) is 0 Å². The maximum Gasteiger partial charge on any atom is 0.162 e. The summed E-state index contributed by atoms with van der Waals surface area (Å²) in [5.41, 5.74) is 0.736. The maximum absolute atomic E-state index is 9.40. The van der Waals surface area contributed by atoms with E-state index in [1.54, 1.807) is 24.9 Å². The van der Waals surface area contributed by atoms with Crippen molar-refractivity contribution in [3.63, 3.8) is 0 Å². The predicted molar refractivity (Wildman–Crippen MR) is 45.1 cm³/mol. The summed E-state index contributed by atoms with van der Waals surface area (Å²) in [5, 5.41) is 13.5. The van der Waals surface area contributed by atoms with Crippen molar-refractivity contribution in [2.24, 2.45) is 0 Å². The molecule has 4 nitrogen and oxygen atoms in total. The molecule has 1 aromatic heterocycles. The molecule has 0 amide bonds. The Morgan fingerprint density at radius 2 is 2.42 bits per heavy atom. The zero-order valence-electron chi connectivity index (χ0n) is 7.61. The molecular weight excluding hydrogens is 156 g/mol. The van der Waals surface area contributed by atoms with Gasteiger partial charge >= 0.3 is 0 Å². The average molecular weight is 170 g/mol. The number of nitrogens with zero attached hydrogens (tertiary/aromatic N) is 2. The first kappa shape index (κ1) is 9.06. The molecule has 0 aromatic carbocycles. The monoisotopic (exact) mass is 170 g/mol. The van der Waals surface area contributed by atoms with Gasteiger partial charge in [0.1, 0.15) is 5.69 Å². The Labute approximate surface area is 71.8 Å². The smallest absolute Gasteiger partial charge is 0.162 e. The van der Waals surface area contributed by atoms with Crippen molar-refractivity contribution in [1.82, 2.24) is 9.78 Å². The fraction of sp³-hybridized carbons (Fsp3) is 0.625. The minimum atomic E-state index is -0.539. The second-order valence-corrected chi connectivity index (χ2v) is 2.59. The molecular formula is C8H14N2O2. The highest BCUT2D eigenvalue weighted by Crippen LogP contribution is 2.23. The van der Waals surface area contributed by atoms with Gasteiger partial charge in [-0.05, 0) is 13.8 Å². The van der Waals surface area contributed by atoms with E-state index in [-0.39, 0.29) is 0 Å². The van der Waals surface area contributed by atoms with Gasteiger partial charge in [-0.3, -0.25) is 4.68 Å². The second kappa shape index (κ2) is 3.58. The van der Waals surface area contributed by atoms with Crippen LogP contribution in [0.25, 0.3) is 0 Å². The number of ether oxygens (including phenoxy) is 1. The van der Waals surface area contributed by atoms with Gasteiger partial charge in [0.2, 0.25) is 0 Å². The summed E-state index contributed by atoms with van der Waals surface area (Å²) >= 11 is 0. The Bertz CT molecular complexity index is 234. The zero-order chi connectivity index (χ0) is 9.14. The normalized spacial score (nSPS) is 13.0. The van der Waals surface area contributed by atoms with Gasteiger partial charge in [0.05, 0.1) is 19.4 Å². The van der Waals surface area contributed by atoms with Crippen LogP contribution in [0.5, 0.6) is 5.75 Å². The number of aliphatic hydroxyl groups is 1. The van der Waals surface area contributed by atoms with Crippen LogP contribution in [0, 0.1) is 0 Å². The van der Waals surface area contributed by atoms with Crippen molar-refractivity contribution in [2.75, 3.05) is 7.11 Å². The molecule has 0 fully saturated rings. The minimum absolute atomic E-state index is 0.539. The lowest BCUT2D eigenvalue weighted by atomic mass is 10.2. The van der Waals surface area contributed by atoms with Crippen molar-refractivity contribution >= 4 is 0 Å². The number of hydrogen-bond acceptors (Lipinski definition) is 3. The molecule has 1 unspecified atom stereocenters. The van der Waals surface area contributed by atoms with Crippen molar-refractivity contribution in [1.29, 1.82) is 0 Å². The van der Waals surface area contributed by atoms with Crippen LogP contribution in [0.1, 0.15) is 25.6 Å². The predicted octanol–water partition coefficient (Wildman–Crippen LogP) is 0.965. The van der Waals surface area contributed by atoms with Crippen LogP contribution >= 0.6 is 0 Å². The van der Waals surface area contributed by atoms with E-state index >= 15 is 0 Å². The average Bonchev–Trinajstić information content (AvgIpc) is 2.46. The molecule has 4 heteroatoms. The van der Waals surface area contributed by atoms with E-state index in [2.05, 4.69) is 5.10 Å². The highest BCUT2D eigenvalue weighted by atomic mass is 16.5. The van der Waals surface area contributed by atoms with Crippen LogP contribution < -0.4 is 4.74 Å². The third kappa shape index (κ3) is 1.43. The molecule has 0 spiro atoms. The zero-order valence-corrected chi connectivity index (χ0v) is 7.61. The number of aliphatic hydroxyl groups excluding tert-OH is 1. The molecule has 1 rings (SSSR count). The topological polar surface area (TPSA) is 47.3 Å². The minimum Gasteiger partial charge on any atom is -0.493 e. The molecule has 0 saturated carbocycles. The van der Waals surface area contributed by atoms with Crippen molar-refractivity contribution in [3.8, 4) is 5.75 Å². The highest BCUT2D eigenvalue weighted by Gasteiger charge is 2.14. The molecule has 0 aliphatic rings. The fourth-order valence-corrected chi connectivity index (χ4v) is 1.21. The molecule has 1 atom stereocenters. The largest absolute Gasteiger partial charge is 0.493 e. The molecule has 0 saturated heterocycles. The molecule has 0 bridgehead atoms. The quantitative estimate of drug-likeness (QED) is 0.735.